The third-order valence-corrected chi connectivity index (χ3v) is 3.69. The molecule has 0 bridgehead atoms. The summed E-state index contributed by atoms with van der Waals surface area (Å²) in [5, 5.41) is 7.22. The van der Waals surface area contributed by atoms with Gasteiger partial charge in [0.1, 0.15) is 24.7 Å². The Hall–Kier alpha value is -2.64. The van der Waals surface area contributed by atoms with Crippen molar-refractivity contribution in [3.63, 3.8) is 0 Å². The van der Waals surface area contributed by atoms with Gasteiger partial charge in [0.25, 0.3) is 0 Å². The highest BCUT2D eigenvalue weighted by Crippen LogP contribution is 2.19. The molecule has 0 radical (unpaired) electrons. The van der Waals surface area contributed by atoms with Crippen LogP contribution in [0.2, 0.25) is 0 Å². The quantitative estimate of drug-likeness (QED) is 0.591. The Morgan fingerprint density at radius 3 is 2.59 bits per heavy atom. The fourth-order valence-corrected chi connectivity index (χ4v) is 2.18. The standard InChI is InChI=1S/C19H28FN5O2/c1-6-21-18(22-13-16-23-17(27-24-16)19(2,3)4)25(5)11-12-26-15-9-7-14(20)8-10-15/h7-10H,6,11-13H2,1-5H3,(H,21,22). The minimum Gasteiger partial charge on any atom is -0.492 e. The second kappa shape index (κ2) is 9.34. The van der Waals surface area contributed by atoms with Crippen LogP contribution in [0.1, 0.15) is 39.4 Å². The molecule has 8 heteroatoms. The molecule has 1 aromatic carbocycles. The molecular weight excluding hydrogens is 349 g/mol. The van der Waals surface area contributed by atoms with Gasteiger partial charge in [-0.1, -0.05) is 25.9 Å². The number of hydrogen-bond donors (Lipinski definition) is 1. The van der Waals surface area contributed by atoms with E-state index >= 15 is 0 Å². The lowest BCUT2D eigenvalue weighted by molar-refractivity contribution is 0.281. The van der Waals surface area contributed by atoms with Crippen molar-refractivity contribution < 1.29 is 13.7 Å². The van der Waals surface area contributed by atoms with Gasteiger partial charge in [-0.2, -0.15) is 4.98 Å². The van der Waals surface area contributed by atoms with E-state index in [1.165, 1.54) is 12.1 Å². The smallest absolute Gasteiger partial charge is 0.232 e. The number of rotatable bonds is 7. The van der Waals surface area contributed by atoms with Crippen molar-refractivity contribution in [1.82, 2.24) is 20.4 Å². The summed E-state index contributed by atoms with van der Waals surface area (Å²) in [6.07, 6.45) is 0. The Balaban J connectivity index is 1.91. The molecule has 27 heavy (non-hydrogen) atoms. The summed E-state index contributed by atoms with van der Waals surface area (Å²) in [6, 6.07) is 5.97. The molecule has 0 aliphatic heterocycles. The topological polar surface area (TPSA) is 75.8 Å². The number of nitrogens with zero attached hydrogens (tertiary/aromatic N) is 4. The summed E-state index contributed by atoms with van der Waals surface area (Å²) in [4.78, 5) is 10.9. The first kappa shape index (κ1) is 20.7. The average Bonchev–Trinajstić information content (AvgIpc) is 3.09. The van der Waals surface area contributed by atoms with Gasteiger partial charge in [0.05, 0.1) is 6.54 Å². The van der Waals surface area contributed by atoms with Crippen LogP contribution in [0.25, 0.3) is 0 Å². The van der Waals surface area contributed by atoms with E-state index in [9.17, 15) is 4.39 Å². The van der Waals surface area contributed by atoms with E-state index in [0.717, 1.165) is 12.5 Å². The zero-order valence-electron chi connectivity index (χ0n) is 16.6. The molecule has 0 saturated carbocycles. The lowest BCUT2D eigenvalue weighted by Crippen LogP contribution is -2.40. The van der Waals surface area contributed by atoms with Crippen LogP contribution in [-0.2, 0) is 12.0 Å². The number of halogens is 1. The predicted molar refractivity (Wildman–Crippen MR) is 102 cm³/mol. The van der Waals surface area contributed by atoms with Crippen molar-refractivity contribution in [3.8, 4) is 5.75 Å². The van der Waals surface area contributed by atoms with Crippen molar-refractivity contribution in [1.29, 1.82) is 0 Å². The first-order valence-electron chi connectivity index (χ1n) is 9.00. The third kappa shape index (κ3) is 6.54. The van der Waals surface area contributed by atoms with Crippen molar-refractivity contribution in [2.45, 2.75) is 39.7 Å². The number of ether oxygens (including phenoxy) is 1. The molecule has 1 N–H and O–H groups in total. The Bertz CT molecular complexity index is 737. The number of aliphatic imine (C=N–C) groups is 1. The maximum Gasteiger partial charge on any atom is 0.232 e. The fourth-order valence-electron chi connectivity index (χ4n) is 2.18. The van der Waals surface area contributed by atoms with Crippen LogP contribution in [0.5, 0.6) is 5.75 Å². The Morgan fingerprint density at radius 1 is 1.30 bits per heavy atom. The predicted octanol–water partition coefficient (Wildman–Crippen LogP) is 2.98. The molecule has 0 amide bonds. The molecule has 1 aromatic heterocycles. The first-order valence-corrected chi connectivity index (χ1v) is 9.00. The van der Waals surface area contributed by atoms with E-state index in [4.69, 9.17) is 9.26 Å². The Morgan fingerprint density at radius 2 is 2.00 bits per heavy atom. The van der Waals surface area contributed by atoms with Gasteiger partial charge < -0.3 is 19.5 Å². The van der Waals surface area contributed by atoms with Crippen LogP contribution in [0.4, 0.5) is 4.39 Å². The Kier molecular flexibility index (Phi) is 7.15. The normalized spacial score (nSPS) is 12.1. The molecule has 0 saturated heterocycles. The van der Waals surface area contributed by atoms with Crippen molar-refractivity contribution in [2.24, 2.45) is 4.99 Å². The van der Waals surface area contributed by atoms with Gasteiger partial charge in [-0.05, 0) is 31.2 Å². The summed E-state index contributed by atoms with van der Waals surface area (Å²) in [7, 11) is 1.92. The number of nitrogens with one attached hydrogen (secondary N) is 1. The first-order chi connectivity index (χ1) is 12.8. The summed E-state index contributed by atoms with van der Waals surface area (Å²) in [5.74, 6) is 2.22. The molecule has 0 fully saturated rings. The average molecular weight is 377 g/mol. The summed E-state index contributed by atoms with van der Waals surface area (Å²) >= 11 is 0. The highest BCUT2D eigenvalue weighted by molar-refractivity contribution is 5.79. The highest BCUT2D eigenvalue weighted by Gasteiger charge is 2.21. The van der Waals surface area contributed by atoms with Crippen molar-refractivity contribution >= 4 is 5.96 Å². The van der Waals surface area contributed by atoms with Crippen LogP contribution < -0.4 is 10.1 Å². The molecule has 0 aliphatic rings. The number of guanidine groups is 1. The van der Waals surface area contributed by atoms with Crippen LogP contribution in [0.15, 0.2) is 33.8 Å². The monoisotopic (exact) mass is 377 g/mol. The molecule has 1 heterocycles. The summed E-state index contributed by atoms with van der Waals surface area (Å²) in [5.41, 5.74) is -0.187. The number of hydrogen-bond acceptors (Lipinski definition) is 5. The SMILES string of the molecule is CCNC(=NCc1noc(C(C)(C)C)n1)N(C)CCOc1ccc(F)cc1. The van der Waals surface area contributed by atoms with Gasteiger partial charge in [-0.25, -0.2) is 9.38 Å². The molecule has 2 aromatic rings. The molecular formula is C19H28FN5O2. The van der Waals surface area contributed by atoms with E-state index in [-0.39, 0.29) is 11.2 Å². The number of likely N-dealkylation sites (N-methyl/N-ethyl adjacent to an activating group) is 1. The zero-order chi connectivity index (χ0) is 19.9. The summed E-state index contributed by atoms with van der Waals surface area (Å²) in [6.45, 7) is 10.2. The minimum absolute atomic E-state index is 0.187. The third-order valence-electron chi connectivity index (χ3n) is 3.69. The highest BCUT2D eigenvalue weighted by atomic mass is 19.1. The fraction of sp³-hybridized carbons (Fsp3) is 0.526. The van der Waals surface area contributed by atoms with Crippen LogP contribution in [-0.4, -0.2) is 47.7 Å². The van der Waals surface area contributed by atoms with Gasteiger partial charge in [0.2, 0.25) is 5.89 Å². The maximum atomic E-state index is 12.9. The molecule has 0 spiro atoms. The van der Waals surface area contributed by atoms with Gasteiger partial charge in [0.15, 0.2) is 11.8 Å². The zero-order valence-corrected chi connectivity index (χ0v) is 16.6. The molecule has 0 unspecified atom stereocenters. The van der Waals surface area contributed by atoms with E-state index in [2.05, 4.69) is 20.4 Å². The van der Waals surface area contributed by atoms with Gasteiger partial charge >= 0.3 is 0 Å². The van der Waals surface area contributed by atoms with Crippen LogP contribution in [0, 0.1) is 5.82 Å². The maximum absolute atomic E-state index is 12.9. The van der Waals surface area contributed by atoms with Gasteiger partial charge in [-0.3, -0.25) is 0 Å². The number of aromatic nitrogens is 2. The van der Waals surface area contributed by atoms with E-state index < -0.39 is 0 Å². The van der Waals surface area contributed by atoms with E-state index in [1.807, 2.05) is 39.6 Å². The molecule has 148 valence electrons. The van der Waals surface area contributed by atoms with Crippen molar-refractivity contribution in [3.05, 3.63) is 41.8 Å². The molecule has 2 rings (SSSR count). The molecule has 0 aliphatic carbocycles. The lowest BCUT2D eigenvalue weighted by Gasteiger charge is -2.22. The second-order valence-electron chi connectivity index (χ2n) is 7.16. The van der Waals surface area contributed by atoms with Crippen LogP contribution >= 0.6 is 0 Å². The lowest BCUT2D eigenvalue weighted by atomic mass is 9.97. The largest absolute Gasteiger partial charge is 0.492 e. The molecule has 7 nitrogen and oxygen atoms in total. The summed E-state index contributed by atoms with van der Waals surface area (Å²) < 4.78 is 23.8. The minimum atomic E-state index is -0.280. The van der Waals surface area contributed by atoms with Gasteiger partial charge in [-0.15, -0.1) is 0 Å². The van der Waals surface area contributed by atoms with Crippen molar-refractivity contribution in [2.75, 3.05) is 26.7 Å². The number of benzene rings is 1. The Labute approximate surface area is 159 Å². The van der Waals surface area contributed by atoms with Crippen LogP contribution in [0.3, 0.4) is 0 Å². The second-order valence-corrected chi connectivity index (χ2v) is 7.16. The van der Waals surface area contributed by atoms with E-state index in [1.54, 1.807) is 12.1 Å². The molecule has 0 atom stereocenters. The van der Waals surface area contributed by atoms with Gasteiger partial charge in [0, 0.05) is 19.0 Å². The van der Waals surface area contributed by atoms with E-state index in [0.29, 0.717) is 37.2 Å².